The Hall–Kier alpha value is -3.32. The van der Waals surface area contributed by atoms with Crippen LogP contribution in [-0.2, 0) is 18.9 Å². The molecule has 0 unspecified atom stereocenters. The Labute approximate surface area is 209 Å². The largest absolute Gasteiger partial charge is 0.377 e. The van der Waals surface area contributed by atoms with Crippen molar-refractivity contribution in [3.8, 4) is 0 Å². The molecule has 0 aliphatic carbocycles. The van der Waals surface area contributed by atoms with Crippen LogP contribution >= 0.6 is 0 Å². The first-order valence-electron chi connectivity index (χ1n) is 11.8. The van der Waals surface area contributed by atoms with Gasteiger partial charge in [0, 0.05) is 61.8 Å². The second-order valence-corrected chi connectivity index (χ2v) is 7.97. The van der Waals surface area contributed by atoms with Crippen LogP contribution in [-0.4, -0.2) is 88.9 Å². The number of nitro groups is 2. The van der Waals surface area contributed by atoms with E-state index in [4.69, 9.17) is 18.9 Å². The van der Waals surface area contributed by atoms with Crippen molar-refractivity contribution in [2.75, 3.05) is 88.8 Å². The van der Waals surface area contributed by atoms with Gasteiger partial charge in [-0.25, -0.2) is 0 Å². The Morgan fingerprint density at radius 2 is 0.778 bits per heavy atom. The fourth-order valence-corrected chi connectivity index (χ4v) is 3.65. The van der Waals surface area contributed by atoms with Crippen molar-refractivity contribution in [3.05, 3.63) is 68.8 Å². The van der Waals surface area contributed by atoms with Crippen molar-refractivity contribution in [2.45, 2.75) is 0 Å². The lowest BCUT2D eigenvalue weighted by Gasteiger charge is -2.26. The number of rotatable bonds is 4. The van der Waals surface area contributed by atoms with Crippen molar-refractivity contribution in [1.82, 2.24) is 0 Å². The molecule has 1 aliphatic heterocycles. The molecule has 1 fully saturated rings. The fraction of sp³-hybridized carbons (Fsp3) is 0.500. The van der Waals surface area contributed by atoms with Crippen LogP contribution in [0.1, 0.15) is 0 Å². The third-order valence-corrected chi connectivity index (χ3v) is 5.62. The zero-order valence-electron chi connectivity index (χ0n) is 20.2. The molecule has 2 aromatic carbocycles. The summed E-state index contributed by atoms with van der Waals surface area (Å²) in [6.07, 6.45) is 0. The normalized spacial score (nSPS) is 17.7. The van der Waals surface area contributed by atoms with Gasteiger partial charge in [-0.05, 0) is 24.3 Å². The monoisotopic (exact) mass is 504 g/mol. The van der Waals surface area contributed by atoms with E-state index in [0.29, 0.717) is 79.0 Å². The predicted octanol–water partition coefficient (Wildman–Crippen LogP) is 2.90. The quantitative estimate of drug-likeness (QED) is 0.452. The minimum atomic E-state index is -0.416. The van der Waals surface area contributed by atoms with E-state index in [1.54, 1.807) is 24.3 Å². The Balaban J connectivity index is 1.52. The maximum absolute atomic E-state index is 10.9. The van der Waals surface area contributed by atoms with Gasteiger partial charge in [0.05, 0.1) is 62.7 Å². The maximum Gasteiger partial charge on any atom is 0.269 e. The molecular formula is C24H32N4O8. The van der Waals surface area contributed by atoms with Crippen LogP contribution in [0.3, 0.4) is 0 Å². The van der Waals surface area contributed by atoms with Gasteiger partial charge < -0.3 is 28.7 Å². The summed E-state index contributed by atoms with van der Waals surface area (Å²) in [6.45, 7) is 6.04. The molecule has 3 rings (SSSR count). The number of anilines is 2. The first-order valence-corrected chi connectivity index (χ1v) is 11.8. The number of hydrogen-bond donors (Lipinski definition) is 0. The summed E-state index contributed by atoms with van der Waals surface area (Å²) in [5.74, 6) is 0. The van der Waals surface area contributed by atoms with E-state index in [1.807, 2.05) is 0 Å². The Kier molecular flexibility index (Phi) is 11.3. The molecule has 12 nitrogen and oxygen atoms in total. The molecule has 1 aliphatic rings. The summed E-state index contributed by atoms with van der Waals surface area (Å²) in [7, 11) is 0. The van der Waals surface area contributed by atoms with Gasteiger partial charge in [0.15, 0.2) is 0 Å². The smallest absolute Gasteiger partial charge is 0.269 e. The molecule has 0 aromatic heterocycles. The van der Waals surface area contributed by atoms with E-state index in [-0.39, 0.29) is 11.4 Å². The van der Waals surface area contributed by atoms with E-state index in [2.05, 4.69) is 9.80 Å². The van der Waals surface area contributed by atoms with E-state index in [9.17, 15) is 20.2 Å². The molecule has 0 bridgehead atoms. The highest BCUT2D eigenvalue weighted by atomic mass is 16.6. The first-order chi connectivity index (χ1) is 17.5. The summed E-state index contributed by atoms with van der Waals surface area (Å²) >= 11 is 0. The minimum Gasteiger partial charge on any atom is -0.377 e. The molecule has 0 amide bonds. The second kappa shape index (κ2) is 14.9. The molecule has 2 aromatic rings. The maximum atomic E-state index is 10.9. The predicted molar refractivity (Wildman–Crippen MR) is 134 cm³/mol. The topological polar surface area (TPSA) is 130 Å². The van der Waals surface area contributed by atoms with Gasteiger partial charge in [-0.2, -0.15) is 0 Å². The Bertz CT molecular complexity index is 845. The Morgan fingerprint density at radius 1 is 0.500 bits per heavy atom. The Morgan fingerprint density at radius 3 is 1.03 bits per heavy atom. The van der Waals surface area contributed by atoms with Crippen LogP contribution in [0, 0.1) is 20.2 Å². The fourth-order valence-electron chi connectivity index (χ4n) is 3.65. The first kappa shape index (κ1) is 27.3. The molecule has 0 atom stereocenters. The highest BCUT2D eigenvalue weighted by Gasteiger charge is 2.12. The van der Waals surface area contributed by atoms with Crippen molar-refractivity contribution in [1.29, 1.82) is 0 Å². The van der Waals surface area contributed by atoms with Gasteiger partial charge in [0.1, 0.15) is 0 Å². The van der Waals surface area contributed by atoms with E-state index >= 15 is 0 Å². The van der Waals surface area contributed by atoms with Crippen molar-refractivity contribution in [2.24, 2.45) is 0 Å². The van der Waals surface area contributed by atoms with Crippen molar-refractivity contribution < 1.29 is 28.8 Å². The zero-order valence-corrected chi connectivity index (χ0v) is 20.2. The summed E-state index contributed by atoms with van der Waals surface area (Å²) in [5.41, 5.74) is 1.82. The number of nitrogens with zero attached hydrogens (tertiary/aromatic N) is 4. The molecule has 36 heavy (non-hydrogen) atoms. The number of ether oxygens (including phenoxy) is 4. The molecule has 12 heteroatoms. The van der Waals surface area contributed by atoms with Gasteiger partial charge in [-0.1, -0.05) is 0 Å². The highest BCUT2D eigenvalue weighted by Crippen LogP contribution is 2.20. The SMILES string of the molecule is O=[N+]([O-])c1ccc(N2CCOCCOCCN(c3ccc([N+](=O)[O-])cc3)CCOCCOCC2)cc1. The van der Waals surface area contributed by atoms with Crippen LogP contribution < -0.4 is 9.80 Å². The van der Waals surface area contributed by atoms with Gasteiger partial charge in [-0.3, -0.25) is 20.2 Å². The zero-order chi connectivity index (χ0) is 25.6. The lowest BCUT2D eigenvalue weighted by Crippen LogP contribution is -2.33. The summed E-state index contributed by atoms with van der Waals surface area (Å²) < 4.78 is 22.9. The average Bonchev–Trinajstić information content (AvgIpc) is 2.88. The minimum absolute atomic E-state index is 0.0501. The van der Waals surface area contributed by atoms with Crippen LogP contribution in [0.15, 0.2) is 48.5 Å². The number of hydrogen-bond acceptors (Lipinski definition) is 10. The third-order valence-electron chi connectivity index (χ3n) is 5.62. The highest BCUT2D eigenvalue weighted by molar-refractivity contribution is 5.51. The lowest BCUT2D eigenvalue weighted by molar-refractivity contribution is -0.385. The van der Waals surface area contributed by atoms with Gasteiger partial charge >= 0.3 is 0 Å². The van der Waals surface area contributed by atoms with Crippen LogP contribution in [0.25, 0.3) is 0 Å². The lowest BCUT2D eigenvalue weighted by atomic mass is 10.2. The number of benzene rings is 2. The van der Waals surface area contributed by atoms with E-state index in [1.165, 1.54) is 24.3 Å². The van der Waals surface area contributed by atoms with Crippen LogP contribution in [0.2, 0.25) is 0 Å². The van der Waals surface area contributed by atoms with Gasteiger partial charge in [0.25, 0.3) is 11.4 Å². The molecule has 196 valence electrons. The summed E-state index contributed by atoms with van der Waals surface area (Å²) in [5, 5.41) is 21.9. The summed E-state index contributed by atoms with van der Waals surface area (Å²) in [6, 6.07) is 12.9. The standard InChI is InChI=1S/C24H32N4O8/c29-27(30)23-5-1-21(2-6-23)25-9-13-33-17-19-35-15-11-26(12-16-36-20-18-34-14-10-25)22-3-7-24(8-4-22)28(31)32/h1-8H,9-20H2. The molecule has 0 radical (unpaired) electrons. The van der Waals surface area contributed by atoms with Crippen LogP contribution in [0.4, 0.5) is 22.7 Å². The molecular weight excluding hydrogens is 472 g/mol. The second-order valence-electron chi connectivity index (χ2n) is 7.97. The molecule has 0 spiro atoms. The number of non-ortho nitro benzene ring substituents is 2. The van der Waals surface area contributed by atoms with Gasteiger partial charge in [-0.15, -0.1) is 0 Å². The number of nitro benzene ring substituents is 2. The van der Waals surface area contributed by atoms with Crippen molar-refractivity contribution in [3.63, 3.8) is 0 Å². The van der Waals surface area contributed by atoms with E-state index < -0.39 is 9.85 Å². The third kappa shape index (κ3) is 9.04. The van der Waals surface area contributed by atoms with E-state index in [0.717, 1.165) is 11.4 Å². The van der Waals surface area contributed by atoms with Crippen molar-refractivity contribution >= 4 is 22.7 Å². The molecule has 1 saturated heterocycles. The summed E-state index contributed by atoms with van der Waals surface area (Å²) in [4.78, 5) is 25.2. The van der Waals surface area contributed by atoms with Crippen LogP contribution in [0.5, 0.6) is 0 Å². The molecule has 0 N–H and O–H groups in total. The molecule has 1 heterocycles. The average molecular weight is 505 g/mol. The molecule has 0 saturated carbocycles. The van der Waals surface area contributed by atoms with Gasteiger partial charge in [0.2, 0.25) is 0 Å².